The van der Waals surface area contributed by atoms with Gasteiger partial charge < -0.3 is 24.6 Å². The maximum Gasteiger partial charge on any atom is 0.227 e. The van der Waals surface area contributed by atoms with Crippen molar-refractivity contribution in [1.82, 2.24) is 9.97 Å². The number of morpholine rings is 2. The maximum atomic E-state index is 5.44. The molecule has 7 nitrogen and oxygen atoms in total. The fourth-order valence-electron chi connectivity index (χ4n) is 3.95. The maximum absolute atomic E-state index is 5.44. The van der Waals surface area contributed by atoms with Gasteiger partial charge in [-0.15, -0.1) is 0 Å². The Morgan fingerprint density at radius 2 is 1.23 bits per heavy atom. The standard InChI is InChI=1S/C24H27N5O2/c1-5-21(28-11-15-30-16-12-28)6-2-19(1)23-9-10-25-24(27-23)26-20-3-7-22(8-4-20)29-13-17-31-18-14-29/h1-10H,11-18H2,(H,25,26,27). The Balaban J connectivity index is 1.26. The van der Waals surface area contributed by atoms with Gasteiger partial charge in [-0.25, -0.2) is 9.97 Å². The average molecular weight is 418 g/mol. The van der Waals surface area contributed by atoms with Gasteiger partial charge >= 0.3 is 0 Å². The van der Waals surface area contributed by atoms with Crippen LogP contribution in [0.5, 0.6) is 0 Å². The first-order valence-electron chi connectivity index (χ1n) is 10.8. The SMILES string of the molecule is c1cc(-c2ccc(N3CCOCC3)cc2)nc(Nc2ccc(N3CCOCC3)cc2)n1. The Labute approximate surface area is 182 Å². The number of aromatic nitrogens is 2. The predicted octanol–water partition coefficient (Wildman–Crippen LogP) is 3.56. The second-order valence-electron chi connectivity index (χ2n) is 7.68. The molecule has 1 N–H and O–H groups in total. The van der Waals surface area contributed by atoms with Crippen LogP contribution in [0, 0.1) is 0 Å². The summed E-state index contributed by atoms with van der Waals surface area (Å²) < 4.78 is 10.9. The first-order valence-corrected chi connectivity index (χ1v) is 10.8. The third-order valence-electron chi connectivity index (χ3n) is 5.69. The second kappa shape index (κ2) is 9.32. The van der Waals surface area contributed by atoms with Crippen molar-refractivity contribution >= 4 is 23.0 Å². The Kier molecular flexibility index (Phi) is 5.95. The summed E-state index contributed by atoms with van der Waals surface area (Å²) in [4.78, 5) is 13.8. The van der Waals surface area contributed by atoms with Crippen molar-refractivity contribution in [3.05, 3.63) is 60.8 Å². The molecule has 2 aromatic carbocycles. The van der Waals surface area contributed by atoms with E-state index < -0.39 is 0 Å². The molecular weight excluding hydrogens is 390 g/mol. The van der Waals surface area contributed by atoms with E-state index in [4.69, 9.17) is 14.5 Å². The van der Waals surface area contributed by atoms with Crippen LogP contribution in [0.1, 0.15) is 0 Å². The monoisotopic (exact) mass is 417 g/mol. The van der Waals surface area contributed by atoms with Gasteiger partial charge in [0, 0.05) is 55.0 Å². The van der Waals surface area contributed by atoms with Crippen LogP contribution in [-0.4, -0.2) is 62.6 Å². The van der Waals surface area contributed by atoms with E-state index in [1.54, 1.807) is 6.20 Å². The number of nitrogens with one attached hydrogen (secondary N) is 1. The van der Waals surface area contributed by atoms with Crippen LogP contribution in [0.15, 0.2) is 60.8 Å². The van der Waals surface area contributed by atoms with Gasteiger partial charge in [0.15, 0.2) is 0 Å². The van der Waals surface area contributed by atoms with E-state index in [-0.39, 0.29) is 0 Å². The quantitative estimate of drug-likeness (QED) is 0.681. The van der Waals surface area contributed by atoms with E-state index in [9.17, 15) is 0 Å². The molecule has 2 saturated heterocycles. The van der Waals surface area contributed by atoms with Crippen molar-refractivity contribution in [2.45, 2.75) is 0 Å². The fraction of sp³-hybridized carbons (Fsp3) is 0.333. The molecule has 0 aliphatic carbocycles. The second-order valence-corrected chi connectivity index (χ2v) is 7.68. The molecule has 0 radical (unpaired) electrons. The zero-order valence-electron chi connectivity index (χ0n) is 17.5. The number of anilines is 4. The summed E-state index contributed by atoms with van der Waals surface area (Å²) in [5, 5.41) is 3.32. The Morgan fingerprint density at radius 1 is 0.677 bits per heavy atom. The molecule has 3 heterocycles. The smallest absolute Gasteiger partial charge is 0.227 e. The van der Waals surface area contributed by atoms with Crippen LogP contribution in [0.25, 0.3) is 11.3 Å². The van der Waals surface area contributed by atoms with Gasteiger partial charge in [-0.2, -0.15) is 0 Å². The molecule has 2 fully saturated rings. The Hall–Kier alpha value is -3.16. The number of hydrogen-bond donors (Lipinski definition) is 1. The van der Waals surface area contributed by atoms with Crippen molar-refractivity contribution in [3.63, 3.8) is 0 Å². The summed E-state index contributed by atoms with van der Waals surface area (Å²) in [5.74, 6) is 0.592. The lowest BCUT2D eigenvalue weighted by atomic mass is 10.1. The summed E-state index contributed by atoms with van der Waals surface area (Å²) in [6.45, 7) is 6.88. The van der Waals surface area contributed by atoms with Gasteiger partial charge in [-0.05, 0) is 42.5 Å². The van der Waals surface area contributed by atoms with E-state index in [1.807, 2.05) is 6.07 Å². The normalized spacial score (nSPS) is 16.9. The molecule has 1 aromatic heterocycles. The van der Waals surface area contributed by atoms with Crippen molar-refractivity contribution in [3.8, 4) is 11.3 Å². The van der Waals surface area contributed by atoms with E-state index >= 15 is 0 Å². The van der Waals surface area contributed by atoms with Crippen molar-refractivity contribution in [2.24, 2.45) is 0 Å². The molecule has 0 atom stereocenters. The average Bonchev–Trinajstić information content (AvgIpc) is 2.86. The van der Waals surface area contributed by atoms with Crippen molar-refractivity contribution < 1.29 is 9.47 Å². The lowest BCUT2D eigenvalue weighted by Gasteiger charge is -2.29. The van der Waals surface area contributed by atoms with Gasteiger partial charge in [0.05, 0.1) is 32.1 Å². The number of nitrogens with zero attached hydrogens (tertiary/aromatic N) is 4. The molecule has 0 bridgehead atoms. The Bertz CT molecular complexity index is 982. The van der Waals surface area contributed by atoms with Crippen molar-refractivity contribution in [1.29, 1.82) is 0 Å². The van der Waals surface area contributed by atoms with Crippen LogP contribution in [-0.2, 0) is 9.47 Å². The molecule has 0 saturated carbocycles. The predicted molar refractivity (Wildman–Crippen MR) is 123 cm³/mol. The molecule has 0 amide bonds. The number of rotatable bonds is 5. The highest BCUT2D eigenvalue weighted by atomic mass is 16.5. The summed E-state index contributed by atoms with van der Waals surface area (Å²) in [5.41, 5.74) is 5.38. The third-order valence-corrected chi connectivity index (χ3v) is 5.69. The molecule has 2 aliphatic rings. The fourth-order valence-corrected chi connectivity index (χ4v) is 3.95. The number of hydrogen-bond acceptors (Lipinski definition) is 7. The van der Waals surface area contributed by atoms with Gasteiger partial charge in [-0.3, -0.25) is 0 Å². The third kappa shape index (κ3) is 4.78. The highest BCUT2D eigenvalue weighted by Crippen LogP contribution is 2.24. The largest absolute Gasteiger partial charge is 0.378 e. The highest BCUT2D eigenvalue weighted by molar-refractivity contribution is 5.65. The molecule has 3 aromatic rings. The van der Waals surface area contributed by atoms with Gasteiger partial charge in [0.1, 0.15) is 0 Å². The minimum atomic E-state index is 0.592. The minimum Gasteiger partial charge on any atom is -0.378 e. The Morgan fingerprint density at radius 3 is 1.81 bits per heavy atom. The summed E-state index contributed by atoms with van der Waals surface area (Å²) >= 11 is 0. The van der Waals surface area contributed by atoms with E-state index in [2.05, 4.69) is 68.6 Å². The zero-order valence-corrected chi connectivity index (χ0v) is 17.5. The van der Waals surface area contributed by atoms with E-state index in [0.29, 0.717) is 5.95 Å². The summed E-state index contributed by atoms with van der Waals surface area (Å²) in [7, 11) is 0. The number of ether oxygens (including phenoxy) is 2. The van der Waals surface area contributed by atoms with Crippen molar-refractivity contribution in [2.75, 3.05) is 67.7 Å². The zero-order chi connectivity index (χ0) is 20.9. The first-order chi connectivity index (χ1) is 15.3. The van der Waals surface area contributed by atoms with Gasteiger partial charge in [0.2, 0.25) is 5.95 Å². The summed E-state index contributed by atoms with van der Waals surface area (Å²) in [6, 6.07) is 18.9. The van der Waals surface area contributed by atoms with Crippen LogP contribution in [0.4, 0.5) is 23.0 Å². The molecule has 0 spiro atoms. The van der Waals surface area contributed by atoms with Gasteiger partial charge in [-0.1, -0.05) is 12.1 Å². The van der Waals surface area contributed by atoms with E-state index in [1.165, 1.54) is 11.4 Å². The molecule has 5 rings (SSSR count). The van der Waals surface area contributed by atoms with Gasteiger partial charge in [0.25, 0.3) is 0 Å². The molecule has 160 valence electrons. The number of benzene rings is 2. The molecule has 0 unspecified atom stereocenters. The van der Waals surface area contributed by atoms with E-state index in [0.717, 1.165) is 69.6 Å². The first kappa shape index (κ1) is 19.8. The van der Waals surface area contributed by atoms with Crippen LogP contribution in [0.2, 0.25) is 0 Å². The van der Waals surface area contributed by atoms with Crippen LogP contribution >= 0.6 is 0 Å². The van der Waals surface area contributed by atoms with Crippen LogP contribution in [0.3, 0.4) is 0 Å². The minimum absolute atomic E-state index is 0.592. The lowest BCUT2D eigenvalue weighted by Crippen LogP contribution is -2.36. The molecule has 7 heteroatoms. The molecule has 2 aliphatic heterocycles. The highest BCUT2D eigenvalue weighted by Gasteiger charge is 2.12. The molecule has 31 heavy (non-hydrogen) atoms. The molecular formula is C24H27N5O2. The lowest BCUT2D eigenvalue weighted by molar-refractivity contribution is 0.122. The topological polar surface area (TPSA) is 62.8 Å². The van der Waals surface area contributed by atoms with Crippen LogP contribution < -0.4 is 15.1 Å². The summed E-state index contributed by atoms with van der Waals surface area (Å²) in [6.07, 6.45) is 1.79.